The van der Waals surface area contributed by atoms with Gasteiger partial charge in [0.1, 0.15) is 17.5 Å². The van der Waals surface area contributed by atoms with E-state index < -0.39 is 5.91 Å². The Kier molecular flexibility index (Phi) is 9.18. The zero-order valence-electron chi connectivity index (χ0n) is 19.1. The lowest BCUT2D eigenvalue weighted by atomic mass is 10.1. The van der Waals surface area contributed by atoms with Gasteiger partial charge in [0.2, 0.25) is 0 Å². The number of amides is 1. The maximum Gasteiger partial charge on any atom is 0.268 e. The second-order valence-corrected chi connectivity index (χ2v) is 8.64. The quantitative estimate of drug-likeness (QED) is 0.207. The van der Waals surface area contributed by atoms with Crippen molar-refractivity contribution < 1.29 is 18.7 Å². The van der Waals surface area contributed by atoms with E-state index in [4.69, 9.17) is 9.47 Å². The van der Waals surface area contributed by atoms with Gasteiger partial charge in [0, 0.05) is 17.5 Å². The van der Waals surface area contributed by atoms with Crippen molar-refractivity contribution in [3.8, 4) is 17.6 Å². The number of anilines is 1. The molecule has 6 nitrogen and oxygen atoms in total. The Hall–Kier alpha value is -3.70. The van der Waals surface area contributed by atoms with Gasteiger partial charge >= 0.3 is 0 Å². The monoisotopic (exact) mass is 479 g/mol. The van der Waals surface area contributed by atoms with Crippen LogP contribution in [0.15, 0.2) is 54.2 Å². The summed E-state index contributed by atoms with van der Waals surface area (Å²) in [5.74, 6) is 0.316. The molecule has 0 unspecified atom stereocenters. The molecule has 0 bridgehead atoms. The van der Waals surface area contributed by atoms with Gasteiger partial charge < -0.3 is 9.47 Å². The number of carbonyl (C=O) groups excluding carboxylic acids is 1. The van der Waals surface area contributed by atoms with E-state index in [1.165, 1.54) is 29.5 Å². The molecule has 3 rings (SSSR count). The van der Waals surface area contributed by atoms with Gasteiger partial charge in [0.15, 0.2) is 16.6 Å². The van der Waals surface area contributed by atoms with Gasteiger partial charge in [-0.25, -0.2) is 9.37 Å². The molecule has 1 heterocycles. The molecule has 0 aliphatic heterocycles. The molecule has 0 fully saturated rings. The average molecular weight is 480 g/mol. The van der Waals surface area contributed by atoms with E-state index in [9.17, 15) is 14.4 Å². The van der Waals surface area contributed by atoms with Crippen molar-refractivity contribution in [2.24, 2.45) is 0 Å². The van der Waals surface area contributed by atoms with Crippen LogP contribution in [-0.2, 0) is 11.2 Å². The highest BCUT2D eigenvalue weighted by atomic mass is 32.1. The number of benzene rings is 2. The first-order valence-electron chi connectivity index (χ1n) is 11.0. The normalized spacial score (nSPS) is 11.1. The summed E-state index contributed by atoms with van der Waals surface area (Å²) in [5.41, 5.74) is 1.52. The Morgan fingerprint density at radius 3 is 2.71 bits per heavy atom. The van der Waals surface area contributed by atoms with Crippen LogP contribution in [0.3, 0.4) is 0 Å². The number of nitriles is 1. The number of nitrogens with one attached hydrogen (secondary N) is 1. The van der Waals surface area contributed by atoms with Crippen LogP contribution in [-0.4, -0.2) is 24.6 Å². The smallest absolute Gasteiger partial charge is 0.268 e. The lowest BCUT2D eigenvalue weighted by molar-refractivity contribution is -0.112. The fourth-order valence-corrected chi connectivity index (χ4v) is 4.00. The molecule has 3 aromatic rings. The molecule has 34 heavy (non-hydrogen) atoms. The highest BCUT2D eigenvalue weighted by Crippen LogP contribution is 2.29. The fraction of sp³-hybridized carbons (Fsp3) is 0.269. The number of aromatic nitrogens is 1. The third-order valence-corrected chi connectivity index (χ3v) is 5.85. The number of halogens is 1. The summed E-state index contributed by atoms with van der Waals surface area (Å²) >= 11 is 1.30. The van der Waals surface area contributed by atoms with Gasteiger partial charge in [-0.2, -0.15) is 5.26 Å². The highest BCUT2D eigenvalue weighted by molar-refractivity contribution is 7.15. The third-order valence-electron chi connectivity index (χ3n) is 4.93. The van der Waals surface area contributed by atoms with E-state index in [1.54, 1.807) is 43.6 Å². The molecule has 0 spiro atoms. The molecule has 1 aromatic heterocycles. The van der Waals surface area contributed by atoms with Crippen molar-refractivity contribution in [1.82, 2.24) is 4.98 Å². The number of unbranched alkanes of at least 4 members (excludes halogenated alkanes) is 2. The molecule has 0 saturated carbocycles. The minimum atomic E-state index is -0.552. The predicted molar refractivity (Wildman–Crippen MR) is 132 cm³/mol. The lowest BCUT2D eigenvalue weighted by Crippen LogP contribution is -2.13. The fourth-order valence-electron chi connectivity index (χ4n) is 3.16. The summed E-state index contributed by atoms with van der Waals surface area (Å²) in [7, 11) is 1.55. The highest BCUT2D eigenvalue weighted by Gasteiger charge is 2.13. The molecule has 0 saturated heterocycles. The molecule has 0 aliphatic carbocycles. The number of thiazole rings is 1. The van der Waals surface area contributed by atoms with Crippen LogP contribution in [0.2, 0.25) is 0 Å². The number of rotatable bonds is 11. The second-order valence-electron chi connectivity index (χ2n) is 7.52. The van der Waals surface area contributed by atoms with Crippen molar-refractivity contribution in [3.63, 3.8) is 0 Å². The van der Waals surface area contributed by atoms with Crippen LogP contribution in [0.5, 0.6) is 11.5 Å². The van der Waals surface area contributed by atoms with Gasteiger partial charge in [-0.1, -0.05) is 38.0 Å². The van der Waals surface area contributed by atoms with Crippen molar-refractivity contribution >= 4 is 28.5 Å². The second kappa shape index (κ2) is 12.5. The zero-order valence-corrected chi connectivity index (χ0v) is 20.0. The van der Waals surface area contributed by atoms with E-state index >= 15 is 0 Å². The Bertz CT molecular complexity index is 1180. The van der Waals surface area contributed by atoms with Gasteiger partial charge in [0.05, 0.1) is 13.7 Å². The standard InChI is InChI=1S/C26H26FN3O3S/c1-3-4-5-12-33-23-11-8-19(15-24(23)32-2)13-20(16-28)25(31)30-26-29-17-22(34-26)14-18-6-9-21(27)10-7-18/h6-11,13,15,17H,3-5,12,14H2,1-2H3,(H,29,30,31)/b20-13+. The first-order valence-corrected chi connectivity index (χ1v) is 11.8. The first-order chi connectivity index (χ1) is 16.5. The van der Waals surface area contributed by atoms with Crippen LogP contribution < -0.4 is 14.8 Å². The number of nitrogens with zero attached hydrogens (tertiary/aromatic N) is 2. The van der Waals surface area contributed by atoms with Crippen molar-refractivity contribution in [1.29, 1.82) is 5.26 Å². The molecule has 8 heteroatoms. The molecular formula is C26H26FN3O3S. The molecule has 176 valence electrons. The van der Waals surface area contributed by atoms with Crippen molar-refractivity contribution in [2.75, 3.05) is 19.0 Å². The van der Waals surface area contributed by atoms with Crippen LogP contribution in [0.4, 0.5) is 9.52 Å². The number of hydrogen-bond donors (Lipinski definition) is 1. The summed E-state index contributed by atoms with van der Waals surface area (Å²) < 4.78 is 24.3. The van der Waals surface area contributed by atoms with Crippen LogP contribution in [0.1, 0.15) is 42.2 Å². The number of carbonyl (C=O) groups is 1. The average Bonchev–Trinajstić information content (AvgIpc) is 3.28. The minimum absolute atomic E-state index is 0.0612. The number of ether oxygens (including phenoxy) is 2. The van der Waals surface area contributed by atoms with Crippen LogP contribution in [0.25, 0.3) is 6.08 Å². The lowest BCUT2D eigenvalue weighted by Gasteiger charge is -2.11. The summed E-state index contributed by atoms with van der Waals surface area (Å²) in [4.78, 5) is 17.8. The Morgan fingerprint density at radius 2 is 2.00 bits per heavy atom. The first kappa shape index (κ1) is 24.9. The number of methoxy groups -OCH3 is 1. The van der Waals surface area contributed by atoms with Crippen molar-refractivity contribution in [3.05, 3.63) is 76.1 Å². The summed E-state index contributed by atoms with van der Waals surface area (Å²) in [6.07, 6.45) is 6.88. The van der Waals surface area contributed by atoms with Gasteiger partial charge in [-0.3, -0.25) is 10.1 Å². The molecule has 1 amide bonds. The summed E-state index contributed by atoms with van der Waals surface area (Å²) in [6.45, 7) is 2.73. The maximum atomic E-state index is 13.1. The van der Waals surface area contributed by atoms with E-state index in [0.29, 0.717) is 35.2 Å². The Balaban J connectivity index is 1.66. The predicted octanol–water partition coefficient (Wildman–Crippen LogP) is 6.00. The zero-order chi connectivity index (χ0) is 24.3. The molecular weight excluding hydrogens is 453 g/mol. The van der Waals surface area contributed by atoms with Crippen molar-refractivity contribution in [2.45, 2.75) is 32.6 Å². The van der Waals surface area contributed by atoms with E-state index in [1.807, 2.05) is 6.07 Å². The molecule has 0 radical (unpaired) electrons. The number of hydrogen-bond acceptors (Lipinski definition) is 6. The van der Waals surface area contributed by atoms with Crippen LogP contribution in [0, 0.1) is 17.1 Å². The third kappa shape index (κ3) is 7.15. The molecule has 0 atom stereocenters. The Labute approximate surface area is 202 Å². The SMILES string of the molecule is CCCCCOc1ccc(/C=C(\C#N)C(=O)Nc2ncc(Cc3ccc(F)cc3)s2)cc1OC. The maximum absolute atomic E-state index is 13.1. The summed E-state index contributed by atoms with van der Waals surface area (Å²) in [6, 6.07) is 13.4. The minimum Gasteiger partial charge on any atom is -0.493 e. The molecule has 2 aromatic carbocycles. The van der Waals surface area contributed by atoms with E-state index in [2.05, 4.69) is 17.2 Å². The van der Waals surface area contributed by atoms with E-state index in [0.717, 1.165) is 29.7 Å². The van der Waals surface area contributed by atoms with Gasteiger partial charge in [0.25, 0.3) is 5.91 Å². The topological polar surface area (TPSA) is 84.2 Å². The van der Waals surface area contributed by atoms with Gasteiger partial charge in [-0.15, -0.1) is 11.3 Å². The van der Waals surface area contributed by atoms with Gasteiger partial charge in [-0.05, 0) is 47.9 Å². The van der Waals surface area contributed by atoms with Crippen LogP contribution >= 0.6 is 11.3 Å². The molecule has 1 N–H and O–H groups in total. The molecule has 0 aliphatic rings. The summed E-state index contributed by atoms with van der Waals surface area (Å²) in [5, 5.41) is 12.6. The van der Waals surface area contributed by atoms with E-state index in [-0.39, 0.29) is 11.4 Å². The Morgan fingerprint density at radius 1 is 1.21 bits per heavy atom. The largest absolute Gasteiger partial charge is 0.493 e.